The second kappa shape index (κ2) is 5.01. The molecule has 1 saturated heterocycles. The predicted octanol–water partition coefficient (Wildman–Crippen LogP) is 0.165. The van der Waals surface area contributed by atoms with Gasteiger partial charge in [0.25, 0.3) is 0 Å². The van der Waals surface area contributed by atoms with Gasteiger partial charge in [0.1, 0.15) is 5.82 Å². The van der Waals surface area contributed by atoms with Crippen molar-refractivity contribution in [3.05, 3.63) is 23.9 Å². The Hall–Kier alpha value is -1.14. The first-order valence-corrected chi connectivity index (χ1v) is 7.53. The topological polar surface area (TPSA) is 76.3 Å². The molecule has 1 aromatic heterocycles. The Balaban J connectivity index is 2.11. The second-order valence-electron chi connectivity index (χ2n) is 4.22. The van der Waals surface area contributed by atoms with E-state index in [-0.39, 0.29) is 11.5 Å². The zero-order valence-corrected chi connectivity index (χ0v) is 10.5. The van der Waals surface area contributed by atoms with Crippen molar-refractivity contribution in [2.75, 3.05) is 29.5 Å². The molecule has 2 N–H and O–H groups in total. The molecule has 0 aromatic carbocycles. The highest BCUT2D eigenvalue weighted by atomic mass is 32.2. The van der Waals surface area contributed by atoms with Crippen LogP contribution < -0.4 is 10.6 Å². The lowest BCUT2D eigenvalue weighted by atomic mass is 10.3. The molecule has 0 bridgehead atoms. The number of hydrogen-bond acceptors (Lipinski definition) is 5. The summed E-state index contributed by atoms with van der Waals surface area (Å²) in [7, 11) is -2.86. The Morgan fingerprint density at radius 3 is 2.76 bits per heavy atom. The van der Waals surface area contributed by atoms with Crippen molar-refractivity contribution in [2.45, 2.75) is 13.0 Å². The molecule has 1 aliphatic heterocycles. The van der Waals surface area contributed by atoms with E-state index in [0.717, 1.165) is 17.9 Å². The Labute approximate surface area is 102 Å². The molecule has 0 saturated carbocycles. The van der Waals surface area contributed by atoms with Crippen LogP contribution in [0.1, 0.15) is 12.0 Å². The Kier molecular flexibility index (Phi) is 3.63. The summed E-state index contributed by atoms with van der Waals surface area (Å²) in [6.45, 7) is 1.74. The van der Waals surface area contributed by atoms with Crippen LogP contribution in [0, 0.1) is 0 Å². The lowest BCUT2D eigenvalue weighted by molar-refractivity contribution is 0.597. The average molecular weight is 255 g/mol. The van der Waals surface area contributed by atoms with Gasteiger partial charge in [-0.15, -0.1) is 0 Å². The van der Waals surface area contributed by atoms with Gasteiger partial charge in [0.05, 0.1) is 11.5 Å². The number of hydrogen-bond donors (Lipinski definition) is 1. The molecule has 2 heterocycles. The predicted molar refractivity (Wildman–Crippen MR) is 67.6 cm³/mol. The minimum absolute atomic E-state index is 0.216. The monoisotopic (exact) mass is 255 g/mol. The lowest BCUT2D eigenvalue weighted by Gasteiger charge is -2.20. The minimum atomic E-state index is -2.86. The van der Waals surface area contributed by atoms with Crippen LogP contribution in [0.2, 0.25) is 0 Å². The van der Waals surface area contributed by atoms with Gasteiger partial charge in [0.2, 0.25) is 0 Å². The third kappa shape index (κ3) is 3.17. The molecule has 0 spiro atoms. The highest BCUT2D eigenvalue weighted by Gasteiger charge is 2.19. The highest BCUT2D eigenvalue weighted by molar-refractivity contribution is 7.91. The molecular weight excluding hydrogens is 238 g/mol. The van der Waals surface area contributed by atoms with Crippen molar-refractivity contribution in [3.8, 4) is 0 Å². The molecule has 94 valence electrons. The fourth-order valence-electron chi connectivity index (χ4n) is 1.89. The molecule has 1 fully saturated rings. The zero-order valence-electron chi connectivity index (χ0n) is 9.67. The van der Waals surface area contributed by atoms with Gasteiger partial charge in [-0.05, 0) is 18.1 Å². The van der Waals surface area contributed by atoms with Crippen LogP contribution in [0.15, 0.2) is 18.3 Å². The molecule has 0 atom stereocenters. The Morgan fingerprint density at radius 2 is 2.12 bits per heavy atom. The normalized spacial score (nSPS) is 19.9. The molecule has 2 rings (SSSR count). The van der Waals surface area contributed by atoms with E-state index in [1.807, 2.05) is 17.0 Å². The minimum Gasteiger partial charge on any atom is -0.356 e. The quantitative estimate of drug-likeness (QED) is 0.815. The summed E-state index contributed by atoms with van der Waals surface area (Å²) in [5, 5.41) is 0. The number of rotatable bonds is 2. The number of nitrogens with zero attached hydrogens (tertiary/aromatic N) is 2. The molecule has 0 unspecified atom stereocenters. The largest absolute Gasteiger partial charge is 0.356 e. The van der Waals surface area contributed by atoms with Crippen LogP contribution >= 0.6 is 0 Å². The molecule has 1 aromatic rings. The van der Waals surface area contributed by atoms with Crippen molar-refractivity contribution in [1.29, 1.82) is 0 Å². The number of sulfone groups is 1. The number of nitrogens with two attached hydrogens (primary N) is 1. The van der Waals surface area contributed by atoms with E-state index in [1.54, 1.807) is 6.20 Å². The van der Waals surface area contributed by atoms with Gasteiger partial charge < -0.3 is 10.6 Å². The summed E-state index contributed by atoms with van der Waals surface area (Å²) >= 11 is 0. The number of anilines is 1. The van der Waals surface area contributed by atoms with E-state index < -0.39 is 9.84 Å². The van der Waals surface area contributed by atoms with Crippen LogP contribution in [-0.4, -0.2) is 38.0 Å². The molecule has 1 aliphatic rings. The summed E-state index contributed by atoms with van der Waals surface area (Å²) in [5.74, 6) is 1.33. The zero-order chi connectivity index (χ0) is 12.3. The molecule has 0 aliphatic carbocycles. The van der Waals surface area contributed by atoms with Crippen LogP contribution in [0.3, 0.4) is 0 Å². The summed E-state index contributed by atoms with van der Waals surface area (Å²) in [4.78, 5) is 6.33. The van der Waals surface area contributed by atoms with Gasteiger partial charge in [-0.3, -0.25) is 0 Å². The first-order valence-electron chi connectivity index (χ1n) is 5.71. The van der Waals surface area contributed by atoms with Gasteiger partial charge in [-0.1, -0.05) is 6.07 Å². The van der Waals surface area contributed by atoms with E-state index in [4.69, 9.17) is 5.73 Å². The van der Waals surface area contributed by atoms with Crippen LogP contribution in [-0.2, 0) is 16.4 Å². The summed E-state index contributed by atoms with van der Waals surface area (Å²) in [6.07, 6.45) is 2.41. The fourth-order valence-corrected chi connectivity index (χ4v) is 3.16. The van der Waals surface area contributed by atoms with Crippen molar-refractivity contribution in [3.63, 3.8) is 0 Å². The average Bonchev–Trinajstić information content (AvgIpc) is 2.50. The van der Waals surface area contributed by atoms with Crippen molar-refractivity contribution >= 4 is 15.7 Å². The summed E-state index contributed by atoms with van der Waals surface area (Å²) < 4.78 is 23.0. The van der Waals surface area contributed by atoms with Crippen LogP contribution in [0.4, 0.5) is 5.82 Å². The summed E-state index contributed by atoms with van der Waals surface area (Å²) in [6, 6.07) is 3.84. The SMILES string of the molecule is NCc1ccc(N2CCCS(=O)(=O)CC2)nc1. The van der Waals surface area contributed by atoms with Crippen molar-refractivity contribution in [2.24, 2.45) is 5.73 Å². The standard InChI is InChI=1S/C11H17N3O2S/c12-8-10-2-3-11(13-9-10)14-4-1-6-17(15,16)7-5-14/h2-3,9H,1,4-8,12H2. The Bertz CT molecular complexity index is 470. The van der Waals surface area contributed by atoms with Crippen LogP contribution in [0.5, 0.6) is 0 Å². The Morgan fingerprint density at radius 1 is 1.29 bits per heavy atom. The first kappa shape index (κ1) is 12.3. The van der Waals surface area contributed by atoms with Crippen molar-refractivity contribution in [1.82, 2.24) is 4.98 Å². The molecule has 6 heteroatoms. The highest BCUT2D eigenvalue weighted by Crippen LogP contribution is 2.14. The fraction of sp³-hybridized carbons (Fsp3) is 0.545. The number of aromatic nitrogens is 1. The van der Waals surface area contributed by atoms with Gasteiger partial charge in [0.15, 0.2) is 9.84 Å². The molecule has 17 heavy (non-hydrogen) atoms. The van der Waals surface area contributed by atoms with Gasteiger partial charge in [-0.25, -0.2) is 13.4 Å². The maximum absolute atomic E-state index is 11.5. The van der Waals surface area contributed by atoms with Gasteiger partial charge in [0, 0.05) is 25.8 Å². The molecular formula is C11H17N3O2S. The van der Waals surface area contributed by atoms with Gasteiger partial charge in [-0.2, -0.15) is 0 Å². The summed E-state index contributed by atoms with van der Waals surface area (Å²) in [5.41, 5.74) is 6.49. The third-order valence-electron chi connectivity index (χ3n) is 2.92. The van der Waals surface area contributed by atoms with Gasteiger partial charge >= 0.3 is 0 Å². The number of pyridine rings is 1. The smallest absolute Gasteiger partial charge is 0.152 e. The first-order chi connectivity index (χ1) is 8.11. The van der Waals surface area contributed by atoms with E-state index in [1.165, 1.54) is 0 Å². The third-order valence-corrected chi connectivity index (χ3v) is 4.64. The van der Waals surface area contributed by atoms with Crippen molar-refractivity contribution < 1.29 is 8.42 Å². The molecule has 0 radical (unpaired) electrons. The molecule has 5 nitrogen and oxygen atoms in total. The van der Waals surface area contributed by atoms with Crippen LogP contribution in [0.25, 0.3) is 0 Å². The second-order valence-corrected chi connectivity index (χ2v) is 6.52. The molecule has 0 amide bonds. The van der Waals surface area contributed by atoms with E-state index in [9.17, 15) is 8.42 Å². The maximum Gasteiger partial charge on any atom is 0.152 e. The maximum atomic E-state index is 11.5. The van der Waals surface area contributed by atoms with E-state index in [0.29, 0.717) is 19.5 Å². The van der Waals surface area contributed by atoms with E-state index >= 15 is 0 Å². The van der Waals surface area contributed by atoms with E-state index in [2.05, 4.69) is 4.98 Å². The lowest BCUT2D eigenvalue weighted by Crippen LogP contribution is -2.27.